The van der Waals surface area contributed by atoms with Crippen molar-refractivity contribution in [1.29, 1.82) is 0 Å². The summed E-state index contributed by atoms with van der Waals surface area (Å²) in [4.78, 5) is 0. The first-order chi connectivity index (χ1) is 10.1. The van der Waals surface area contributed by atoms with Crippen LogP contribution in [0, 0.1) is 39.9 Å². The summed E-state index contributed by atoms with van der Waals surface area (Å²) in [6.07, 6.45) is 6.51. The van der Waals surface area contributed by atoms with Crippen molar-refractivity contribution in [2.75, 3.05) is 0 Å². The highest BCUT2D eigenvalue weighted by Gasteiger charge is 2.73. The molecule has 4 aliphatic rings. The van der Waals surface area contributed by atoms with E-state index in [1.165, 1.54) is 12.8 Å². The zero-order valence-corrected chi connectivity index (χ0v) is 15.0. The van der Waals surface area contributed by atoms with E-state index in [9.17, 15) is 10.2 Å². The maximum Gasteiger partial charge on any atom is 0.0651 e. The molecule has 2 nitrogen and oxygen atoms in total. The van der Waals surface area contributed by atoms with Gasteiger partial charge in [0.05, 0.1) is 11.7 Å². The van der Waals surface area contributed by atoms with E-state index in [1.807, 2.05) is 0 Å². The molecular formula is C20H34O2. The molecule has 0 aliphatic heterocycles. The minimum Gasteiger partial charge on any atom is -0.393 e. The predicted octanol–water partition coefficient (Wildman–Crippen LogP) is 4.00. The zero-order chi connectivity index (χ0) is 16.1. The van der Waals surface area contributed by atoms with Gasteiger partial charge in [-0.15, -0.1) is 0 Å². The van der Waals surface area contributed by atoms with Crippen LogP contribution in [0.15, 0.2) is 0 Å². The molecule has 126 valence electrons. The maximum absolute atomic E-state index is 11.1. The maximum atomic E-state index is 11.1. The van der Waals surface area contributed by atoms with Gasteiger partial charge < -0.3 is 10.2 Å². The van der Waals surface area contributed by atoms with E-state index in [2.05, 4.69) is 34.6 Å². The fourth-order valence-corrected chi connectivity index (χ4v) is 8.34. The molecule has 2 bridgehead atoms. The standard InChI is InChI=1S/C20H34O2/c1-12-10-15(21)14-11-18(4)7-6-13-16(18)20(12,17(14,2)3)9-8-19(13,5)22/h12-16,21-22H,6-11H2,1-5H3/t12-,13+,14-,15+,16-,18+,19+,20-/m1/s1. The van der Waals surface area contributed by atoms with E-state index in [0.717, 1.165) is 25.7 Å². The average molecular weight is 306 g/mol. The van der Waals surface area contributed by atoms with Gasteiger partial charge >= 0.3 is 0 Å². The van der Waals surface area contributed by atoms with Crippen LogP contribution in [0.5, 0.6) is 0 Å². The van der Waals surface area contributed by atoms with Gasteiger partial charge in [-0.25, -0.2) is 0 Å². The van der Waals surface area contributed by atoms with E-state index in [-0.39, 0.29) is 11.5 Å². The van der Waals surface area contributed by atoms with E-state index in [4.69, 9.17) is 0 Å². The molecule has 4 saturated carbocycles. The van der Waals surface area contributed by atoms with Crippen molar-refractivity contribution < 1.29 is 10.2 Å². The van der Waals surface area contributed by atoms with Gasteiger partial charge in [-0.3, -0.25) is 0 Å². The number of rotatable bonds is 0. The van der Waals surface area contributed by atoms with Crippen LogP contribution in [0.25, 0.3) is 0 Å². The fraction of sp³-hybridized carbons (Fsp3) is 1.00. The monoisotopic (exact) mass is 306 g/mol. The summed E-state index contributed by atoms with van der Waals surface area (Å²) in [5.41, 5.74) is 0.345. The first-order valence-corrected chi connectivity index (χ1v) is 9.47. The van der Waals surface area contributed by atoms with Gasteiger partial charge in [0.25, 0.3) is 0 Å². The molecule has 0 saturated heterocycles. The summed E-state index contributed by atoms with van der Waals surface area (Å²) in [6, 6.07) is 0. The molecule has 0 radical (unpaired) electrons. The second-order valence-electron chi connectivity index (χ2n) is 10.4. The summed E-state index contributed by atoms with van der Waals surface area (Å²) in [7, 11) is 0. The summed E-state index contributed by atoms with van der Waals surface area (Å²) in [5, 5.41) is 21.9. The molecule has 0 amide bonds. The lowest BCUT2D eigenvalue weighted by Gasteiger charge is -2.72. The molecule has 0 heterocycles. The van der Waals surface area contributed by atoms with E-state index in [1.54, 1.807) is 0 Å². The van der Waals surface area contributed by atoms with Gasteiger partial charge in [0.15, 0.2) is 0 Å². The lowest BCUT2D eigenvalue weighted by atomic mass is 9.32. The first kappa shape index (κ1) is 15.4. The summed E-state index contributed by atoms with van der Waals surface area (Å²) >= 11 is 0. The zero-order valence-electron chi connectivity index (χ0n) is 15.0. The summed E-state index contributed by atoms with van der Waals surface area (Å²) in [6.45, 7) is 11.8. The Labute approximate surface area is 135 Å². The predicted molar refractivity (Wildman–Crippen MR) is 88.3 cm³/mol. The molecule has 2 N–H and O–H groups in total. The van der Waals surface area contributed by atoms with Crippen LogP contribution < -0.4 is 0 Å². The molecular weight excluding hydrogens is 272 g/mol. The fourth-order valence-electron chi connectivity index (χ4n) is 8.34. The molecule has 0 unspecified atom stereocenters. The molecule has 8 atom stereocenters. The van der Waals surface area contributed by atoms with Crippen LogP contribution in [-0.4, -0.2) is 21.9 Å². The number of aliphatic hydroxyl groups is 2. The van der Waals surface area contributed by atoms with Gasteiger partial charge in [-0.05, 0) is 85.4 Å². The highest BCUT2D eigenvalue weighted by molar-refractivity contribution is 5.22. The Bertz CT molecular complexity index is 496. The highest BCUT2D eigenvalue weighted by atomic mass is 16.3. The van der Waals surface area contributed by atoms with Crippen molar-refractivity contribution >= 4 is 0 Å². The molecule has 2 heteroatoms. The molecule has 4 rings (SSSR count). The Balaban J connectivity index is 1.92. The second-order valence-corrected chi connectivity index (χ2v) is 10.4. The Morgan fingerprint density at radius 2 is 1.64 bits per heavy atom. The smallest absolute Gasteiger partial charge is 0.0651 e. The quantitative estimate of drug-likeness (QED) is 0.710. The van der Waals surface area contributed by atoms with Gasteiger partial charge in [0.1, 0.15) is 0 Å². The van der Waals surface area contributed by atoms with Crippen molar-refractivity contribution in [3.05, 3.63) is 0 Å². The topological polar surface area (TPSA) is 40.5 Å². The van der Waals surface area contributed by atoms with E-state index in [0.29, 0.717) is 34.5 Å². The van der Waals surface area contributed by atoms with Crippen LogP contribution in [0.4, 0.5) is 0 Å². The number of aliphatic hydroxyl groups excluding tert-OH is 1. The third kappa shape index (κ3) is 1.50. The second kappa shape index (κ2) is 4.11. The van der Waals surface area contributed by atoms with E-state index >= 15 is 0 Å². The van der Waals surface area contributed by atoms with E-state index < -0.39 is 5.60 Å². The third-order valence-corrected chi connectivity index (χ3v) is 9.33. The average Bonchev–Trinajstić information content (AvgIpc) is 2.74. The highest BCUT2D eigenvalue weighted by Crippen LogP contribution is 2.78. The van der Waals surface area contributed by atoms with Crippen LogP contribution in [-0.2, 0) is 0 Å². The third-order valence-electron chi connectivity index (χ3n) is 9.33. The van der Waals surface area contributed by atoms with Crippen LogP contribution in [0.1, 0.15) is 73.1 Å². The Morgan fingerprint density at radius 3 is 2.32 bits per heavy atom. The van der Waals surface area contributed by atoms with Gasteiger partial charge in [0, 0.05) is 0 Å². The molecule has 0 aromatic carbocycles. The Hall–Kier alpha value is -0.0800. The molecule has 0 aromatic rings. The summed E-state index contributed by atoms with van der Waals surface area (Å²) in [5.74, 6) is 2.10. The molecule has 0 aromatic heterocycles. The van der Waals surface area contributed by atoms with Crippen LogP contribution in [0.2, 0.25) is 0 Å². The molecule has 4 aliphatic carbocycles. The van der Waals surface area contributed by atoms with Gasteiger partial charge in [0.2, 0.25) is 0 Å². The molecule has 22 heavy (non-hydrogen) atoms. The van der Waals surface area contributed by atoms with Gasteiger partial charge in [-0.1, -0.05) is 27.7 Å². The Morgan fingerprint density at radius 1 is 0.955 bits per heavy atom. The van der Waals surface area contributed by atoms with Crippen molar-refractivity contribution in [3.63, 3.8) is 0 Å². The van der Waals surface area contributed by atoms with Crippen LogP contribution in [0.3, 0.4) is 0 Å². The first-order valence-electron chi connectivity index (χ1n) is 9.47. The molecule has 4 fully saturated rings. The largest absolute Gasteiger partial charge is 0.393 e. The van der Waals surface area contributed by atoms with Crippen molar-refractivity contribution in [2.45, 2.75) is 84.8 Å². The summed E-state index contributed by atoms with van der Waals surface area (Å²) < 4.78 is 0. The van der Waals surface area contributed by atoms with Crippen LogP contribution >= 0.6 is 0 Å². The lowest BCUT2D eigenvalue weighted by molar-refractivity contribution is -0.273. The van der Waals surface area contributed by atoms with Crippen molar-refractivity contribution in [3.8, 4) is 0 Å². The normalized spacial score (nSPS) is 62.6. The minimum atomic E-state index is -0.480. The number of hydrogen-bond acceptors (Lipinski definition) is 2. The number of hydrogen-bond donors (Lipinski definition) is 2. The van der Waals surface area contributed by atoms with Crippen molar-refractivity contribution in [1.82, 2.24) is 0 Å². The molecule has 1 spiro atoms. The van der Waals surface area contributed by atoms with Crippen molar-refractivity contribution in [2.24, 2.45) is 39.9 Å². The van der Waals surface area contributed by atoms with Gasteiger partial charge in [-0.2, -0.15) is 0 Å². The Kier molecular flexibility index (Phi) is 2.89. The lowest BCUT2D eigenvalue weighted by Crippen LogP contribution is -2.69. The minimum absolute atomic E-state index is 0.130. The SMILES string of the molecule is C[C@@H]1C[C@H](O)[C@H]2C[C@]3(C)CC[C@H]4[C@H]3[C@]1(CC[C@]4(C)O)C2(C)C. The number of fused-ring (bicyclic) bond motifs is 1.